The number of nitrogens with one attached hydrogen (secondary N) is 2. The molecule has 317 valence electrons. The number of fused-ring (bicyclic) bond motifs is 2. The molecular formula is C52H66BCl2N2O2Zr. The second-order valence-corrected chi connectivity index (χ2v) is 20.8. The summed E-state index contributed by atoms with van der Waals surface area (Å²) in [5, 5.41) is 10.4. The summed E-state index contributed by atoms with van der Waals surface area (Å²) in [6, 6.07) is 40.7. The Morgan fingerprint density at radius 1 is 0.533 bits per heavy atom. The molecule has 0 unspecified atom stereocenters. The molecule has 1 radical (unpaired) electrons. The fourth-order valence-electron chi connectivity index (χ4n) is 7.44. The van der Waals surface area contributed by atoms with Gasteiger partial charge in [0.2, 0.25) is 11.8 Å². The fraction of sp³-hybridized carbons (Fsp3) is 0.385. The molecule has 6 aromatic rings. The zero-order chi connectivity index (χ0) is 44.2. The summed E-state index contributed by atoms with van der Waals surface area (Å²) in [5.74, 6) is 2.52. The number of halogens is 2. The molecule has 2 N–H and O–H groups in total. The first-order chi connectivity index (χ1) is 28.7. The number of hydrogen-bond donors (Lipinski definition) is 2. The third kappa shape index (κ3) is 16.8. The van der Waals surface area contributed by atoms with Crippen molar-refractivity contribution < 1.29 is 30.4 Å². The van der Waals surface area contributed by atoms with Crippen molar-refractivity contribution in [2.45, 2.75) is 108 Å². The molecule has 0 aliphatic heterocycles. The minimum absolute atomic E-state index is 0.110. The van der Waals surface area contributed by atoms with Gasteiger partial charge in [-0.3, -0.25) is 9.59 Å². The first-order valence-corrected chi connectivity index (χ1v) is 27.9. The Morgan fingerprint density at radius 3 is 1.20 bits per heavy atom. The minimum atomic E-state index is -0.826. The summed E-state index contributed by atoms with van der Waals surface area (Å²) in [5.41, 5.74) is 11.4. The van der Waals surface area contributed by atoms with Gasteiger partial charge in [0.15, 0.2) is 0 Å². The molecule has 60 heavy (non-hydrogen) atoms. The molecule has 0 aliphatic rings. The normalized spacial score (nSPS) is 10.7. The number of carbonyl (C=O) groups is 2. The fourth-order valence-corrected chi connectivity index (χ4v) is 7.44. The molecule has 6 aromatic carbocycles. The van der Waals surface area contributed by atoms with Crippen LogP contribution in [0.1, 0.15) is 104 Å². The van der Waals surface area contributed by atoms with Crippen LogP contribution in [0.5, 0.6) is 0 Å². The molecule has 0 bridgehead atoms. The van der Waals surface area contributed by atoms with Crippen LogP contribution in [0.25, 0.3) is 43.8 Å². The van der Waals surface area contributed by atoms with Gasteiger partial charge in [0.1, 0.15) is 0 Å². The van der Waals surface area contributed by atoms with E-state index in [1.165, 1.54) is 73.6 Å². The molecule has 0 saturated carbocycles. The van der Waals surface area contributed by atoms with E-state index in [4.69, 9.17) is 17.0 Å². The van der Waals surface area contributed by atoms with Crippen molar-refractivity contribution in [3.05, 3.63) is 131 Å². The van der Waals surface area contributed by atoms with Gasteiger partial charge in [0, 0.05) is 12.8 Å². The van der Waals surface area contributed by atoms with Gasteiger partial charge in [-0.1, -0.05) is 141 Å². The molecule has 0 spiro atoms. The summed E-state index contributed by atoms with van der Waals surface area (Å²) >= 11 is -0.826. The summed E-state index contributed by atoms with van der Waals surface area (Å²) < 4.78 is 0. The Morgan fingerprint density at radius 2 is 0.867 bits per heavy atom. The molecule has 0 fully saturated rings. The average Bonchev–Trinajstić information content (AvgIpc) is 3.81. The SMILES string of the molecule is CC(C)Cc1cc2c(-c3ccccc3CC(C)C)cccc2[cH-]1.CC(C)Cc1cc2c(-c3ccccc3CC(C)C)cccc2[cH-]1.CCC(=O)N[B]NC(=O)CC.[Cl][Zr+2][Cl]. The number of amides is 2. The zero-order valence-corrected chi connectivity index (χ0v) is 41.6. The average molecular weight is 924 g/mol. The van der Waals surface area contributed by atoms with Crippen molar-refractivity contribution in [3.63, 3.8) is 0 Å². The molecule has 0 aromatic heterocycles. The van der Waals surface area contributed by atoms with Crippen LogP contribution in [0, 0.1) is 23.7 Å². The molecule has 6 rings (SSSR count). The molecular weight excluding hydrogens is 858 g/mol. The first-order valence-electron chi connectivity index (χ1n) is 21.6. The van der Waals surface area contributed by atoms with Gasteiger partial charge in [0.05, 0.1) is 0 Å². The molecule has 0 aliphatic carbocycles. The second-order valence-electron chi connectivity index (χ2n) is 17.1. The molecule has 4 nitrogen and oxygen atoms in total. The van der Waals surface area contributed by atoms with E-state index in [9.17, 15) is 9.59 Å². The monoisotopic (exact) mass is 921 g/mol. The molecule has 8 heteroatoms. The number of carbonyl (C=O) groups excluding carboxylic acids is 2. The summed E-state index contributed by atoms with van der Waals surface area (Å²) in [4.78, 5) is 21.2. The van der Waals surface area contributed by atoms with E-state index in [-0.39, 0.29) is 11.8 Å². The Hall–Kier alpha value is -3.43. The number of benzene rings is 4. The van der Waals surface area contributed by atoms with Crippen LogP contribution < -0.4 is 10.5 Å². The third-order valence-electron chi connectivity index (χ3n) is 9.89. The van der Waals surface area contributed by atoms with E-state index in [2.05, 4.69) is 175 Å². The number of rotatable bonds is 14. The van der Waals surface area contributed by atoms with Crippen LogP contribution >= 0.6 is 17.0 Å². The number of hydrogen-bond acceptors (Lipinski definition) is 2. The van der Waals surface area contributed by atoms with Gasteiger partial charge in [-0.2, -0.15) is 12.1 Å². The van der Waals surface area contributed by atoms with Crippen LogP contribution in [0.3, 0.4) is 0 Å². The van der Waals surface area contributed by atoms with Gasteiger partial charge in [-0.25, -0.2) is 0 Å². The van der Waals surface area contributed by atoms with Gasteiger partial charge in [-0.15, -0.1) is 69.1 Å². The van der Waals surface area contributed by atoms with Crippen LogP contribution in [-0.2, 0) is 56.1 Å². The molecule has 0 saturated heterocycles. The van der Waals surface area contributed by atoms with E-state index in [0.717, 1.165) is 25.7 Å². The summed E-state index contributed by atoms with van der Waals surface area (Å²) in [7, 11) is 11.1. The van der Waals surface area contributed by atoms with Crippen molar-refractivity contribution >= 4 is 57.9 Å². The van der Waals surface area contributed by atoms with Crippen molar-refractivity contribution in [2.75, 3.05) is 0 Å². The van der Waals surface area contributed by atoms with Crippen molar-refractivity contribution in [1.82, 2.24) is 10.5 Å². The Bertz CT molecular complexity index is 2050. The first kappa shape index (κ1) is 50.9. The van der Waals surface area contributed by atoms with Gasteiger partial charge >= 0.3 is 45.4 Å². The second kappa shape index (κ2) is 26.8. The molecule has 2 amide bonds. The summed E-state index contributed by atoms with van der Waals surface area (Å²) in [6.07, 6.45) is 5.40. The maximum atomic E-state index is 10.6. The van der Waals surface area contributed by atoms with E-state index >= 15 is 0 Å². The van der Waals surface area contributed by atoms with Crippen LogP contribution in [0.2, 0.25) is 0 Å². The van der Waals surface area contributed by atoms with Crippen LogP contribution in [0.4, 0.5) is 0 Å². The van der Waals surface area contributed by atoms with Crippen molar-refractivity contribution in [1.29, 1.82) is 0 Å². The van der Waals surface area contributed by atoms with E-state index in [1.54, 1.807) is 13.8 Å². The molecule has 0 atom stereocenters. The quantitative estimate of drug-likeness (QED) is 0.0845. The third-order valence-corrected chi connectivity index (χ3v) is 9.89. The van der Waals surface area contributed by atoms with Gasteiger partial charge < -0.3 is 10.5 Å². The van der Waals surface area contributed by atoms with Crippen LogP contribution in [0.15, 0.2) is 109 Å². The predicted molar refractivity (Wildman–Crippen MR) is 258 cm³/mol. The standard InChI is InChI=1S/2C23H27.C6H12BN2O2.2ClH.Zr/c2*1-16(2)12-18-14-20-9-7-11-22(23(20)15-18)21-10-6-5-8-19(21)13-17(3)4;1-3-5(10)8-7-9-6(11)4-2;;;/h2*5-11,14-17H,12-13H2,1-4H3;3-4H2,1-2H3,(H,8,10)(H,9,11);2*1H;/q2*-1;;;;+4/p-2. The van der Waals surface area contributed by atoms with E-state index in [0.29, 0.717) is 36.5 Å². The summed E-state index contributed by atoms with van der Waals surface area (Å²) in [6.45, 7) is 21.8. The topological polar surface area (TPSA) is 58.2 Å². The Kier molecular flexibility index (Phi) is 22.7. The Labute approximate surface area is 381 Å². The van der Waals surface area contributed by atoms with E-state index < -0.39 is 20.8 Å². The van der Waals surface area contributed by atoms with Gasteiger partial charge in [0.25, 0.3) is 0 Å². The van der Waals surface area contributed by atoms with Crippen molar-refractivity contribution in [2.24, 2.45) is 23.7 Å². The van der Waals surface area contributed by atoms with E-state index in [1.807, 2.05) is 0 Å². The van der Waals surface area contributed by atoms with Gasteiger partial charge in [-0.05, 0) is 71.6 Å². The predicted octanol–water partition coefficient (Wildman–Crippen LogP) is 14.2. The molecule has 0 heterocycles. The zero-order valence-electron chi connectivity index (χ0n) is 37.6. The maximum absolute atomic E-state index is 10.6. The Balaban J connectivity index is 0.000000247. The van der Waals surface area contributed by atoms with Crippen LogP contribution in [-0.4, -0.2) is 19.4 Å². The van der Waals surface area contributed by atoms with Crippen molar-refractivity contribution in [3.8, 4) is 22.3 Å².